The minimum Gasteiger partial charge on any atom is -0.494 e. The van der Waals surface area contributed by atoms with Crippen LogP contribution in [0.5, 0.6) is 5.75 Å². The van der Waals surface area contributed by atoms with Crippen molar-refractivity contribution in [3.63, 3.8) is 0 Å². The molecule has 2 rings (SSSR count). The molecular formula is C19H27FN3O3S+. The van der Waals surface area contributed by atoms with E-state index < -0.39 is 15.8 Å². The molecule has 2 aromatic rings. The first-order valence-electron chi connectivity index (χ1n) is 8.56. The summed E-state index contributed by atoms with van der Waals surface area (Å²) in [5.74, 6) is -0.708. The van der Waals surface area contributed by atoms with Gasteiger partial charge in [0.1, 0.15) is 6.04 Å². The van der Waals surface area contributed by atoms with Crippen molar-refractivity contribution >= 4 is 15.7 Å². The first-order valence-corrected chi connectivity index (χ1v) is 10.0. The van der Waals surface area contributed by atoms with Crippen molar-refractivity contribution < 1.29 is 22.4 Å². The van der Waals surface area contributed by atoms with Crippen molar-refractivity contribution in [3.8, 4) is 5.75 Å². The average molecular weight is 397 g/mol. The molecule has 0 unspecified atom stereocenters. The Hall–Kier alpha value is -2.16. The van der Waals surface area contributed by atoms with Gasteiger partial charge < -0.3 is 14.5 Å². The number of sulfonamides is 1. The van der Waals surface area contributed by atoms with E-state index in [-0.39, 0.29) is 23.2 Å². The molecule has 0 fully saturated rings. The second-order valence-corrected chi connectivity index (χ2v) is 8.53. The zero-order chi connectivity index (χ0) is 20.2. The summed E-state index contributed by atoms with van der Waals surface area (Å²) in [7, 11) is 5.35. The SMILES string of the molecule is COc1ccc(S(=O)(=O)NC[C@@H](c2ccc(N(C)C)cc2)[NH+](C)C)cc1F. The summed E-state index contributed by atoms with van der Waals surface area (Å²) < 4.78 is 46.4. The Bertz CT molecular complexity index is 868. The number of ether oxygens (including phenoxy) is 1. The van der Waals surface area contributed by atoms with Crippen LogP contribution in [0.3, 0.4) is 0 Å². The highest BCUT2D eigenvalue weighted by molar-refractivity contribution is 7.89. The summed E-state index contributed by atoms with van der Waals surface area (Å²) in [6.07, 6.45) is 0. The van der Waals surface area contributed by atoms with Gasteiger partial charge in [-0.2, -0.15) is 0 Å². The number of halogens is 1. The molecule has 1 atom stereocenters. The van der Waals surface area contributed by atoms with E-state index >= 15 is 0 Å². The number of hydrogen-bond acceptors (Lipinski definition) is 4. The molecule has 2 aromatic carbocycles. The van der Waals surface area contributed by atoms with E-state index in [2.05, 4.69) is 4.72 Å². The number of nitrogens with zero attached hydrogens (tertiary/aromatic N) is 1. The van der Waals surface area contributed by atoms with Gasteiger partial charge in [0.2, 0.25) is 10.0 Å². The fourth-order valence-electron chi connectivity index (χ4n) is 2.75. The molecule has 0 aliphatic rings. The Labute approximate surface area is 160 Å². The first-order chi connectivity index (χ1) is 12.7. The lowest BCUT2D eigenvalue weighted by molar-refractivity contribution is -0.890. The Kier molecular flexibility index (Phi) is 6.80. The Balaban J connectivity index is 2.18. The molecular weight excluding hydrogens is 369 g/mol. The maximum Gasteiger partial charge on any atom is 0.240 e. The largest absolute Gasteiger partial charge is 0.494 e. The van der Waals surface area contributed by atoms with Gasteiger partial charge in [-0.1, -0.05) is 12.1 Å². The Morgan fingerprint density at radius 3 is 2.26 bits per heavy atom. The third-order valence-corrected chi connectivity index (χ3v) is 5.84. The fourth-order valence-corrected chi connectivity index (χ4v) is 3.81. The molecule has 0 aliphatic carbocycles. The number of methoxy groups -OCH3 is 1. The van der Waals surface area contributed by atoms with Crippen LogP contribution < -0.4 is 19.3 Å². The van der Waals surface area contributed by atoms with E-state index in [4.69, 9.17) is 4.74 Å². The molecule has 0 radical (unpaired) electrons. The lowest BCUT2D eigenvalue weighted by Crippen LogP contribution is -3.07. The van der Waals surface area contributed by atoms with Crippen LogP contribution in [0.4, 0.5) is 10.1 Å². The van der Waals surface area contributed by atoms with E-state index in [1.54, 1.807) is 0 Å². The predicted molar refractivity (Wildman–Crippen MR) is 104 cm³/mol. The summed E-state index contributed by atoms with van der Waals surface area (Å²) in [6, 6.07) is 11.5. The summed E-state index contributed by atoms with van der Waals surface area (Å²) in [5.41, 5.74) is 2.09. The maximum absolute atomic E-state index is 13.9. The third-order valence-electron chi connectivity index (χ3n) is 4.42. The molecule has 27 heavy (non-hydrogen) atoms. The van der Waals surface area contributed by atoms with Crippen LogP contribution in [0.25, 0.3) is 0 Å². The average Bonchev–Trinajstić information content (AvgIpc) is 2.61. The molecule has 2 N–H and O–H groups in total. The van der Waals surface area contributed by atoms with Crippen LogP contribution in [0.1, 0.15) is 11.6 Å². The van der Waals surface area contributed by atoms with Crippen LogP contribution in [0.15, 0.2) is 47.4 Å². The number of nitrogens with one attached hydrogen (secondary N) is 2. The molecule has 8 heteroatoms. The standard InChI is InChI=1S/C19H26FN3O3S/c1-22(2)15-8-6-14(7-9-15)18(23(3)4)13-21-27(24,25)16-10-11-19(26-5)17(20)12-16/h6-12,18,21H,13H2,1-5H3/p+1/t18-/m0/s1. The van der Waals surface area contributed by atoms with Crippen LogP contribution in [0.2, 0.25) is 0 Å². The van der Waals surface area contributed by atoms with Gasteiger partial charge in [0.05, 0.1) is 32.6 Å². The minimum atomic E-state index is -3.83. The van der Waals surface area contributed by atoms with Crippen molar-refractivity contribution in [3.05, 3.63) is 53.8 Å². The lowest BCUT2D eigenvalue weighted by atomic mass is 10.1. The first kappa shape index (κ1) is 21.1. The number of rotatable bonds is 8. The van der Waals surface area contributed by atoms with Gasteiger partial charge in [-0.25, -0.2) is 17.5 Å². The van der Waals surface area contributed by atoms with Gasteiger partial charge in [-0.3, -0.25) is 0 Å². The number of anilines is 1. The van der Waals surface area contributed by atoms with Gasteiger partial charge in [0, 0.05) is 25.3 Å². The molecule has 6 nitrogen and oxygen atoms in total. The number of quaternary nitrogens is 1. The minimum absolute atomic E-state index is 0.00513. The zero-order valence-corrected chi connectivity index (χ0v) is 17.1. The van der Waals surface area contributed by atoms with Gasteiger partial charge in [-0.05, 0) is 30.3 Å². The van der Waals surface area contributed by atoms with Crippen molar-refractivity contribution in [2.75, 3.05) is 46.7 Å². The van der Waals surface area contributed by atoms with Gasteiger partial charge >= 0.3 is 0 Å². The van der Waals surface area contributed by atoms with Gasteiger partial charge in [0.15, 0.2) is 11.6 Å². The van der Waals surface area contributed by atoms with E-state index in [0.29, 0.717) is 0 Å². The summed E-state index contributed by atoms with van der Waals surface area (Å²) >= 11 is 0. The molecule has 0 heterocycles. The van der Waals surface area contributed by atoms with Crippen molar-refractivity contribution in [2.24, 2.45) is 0 Å². The predicted octanol–water partition coefficient (Wildman–Crippen LogP) is 1.06. The molecule has 0 aromatic heterocycles. The van der Waals surface area contributed by atoms with Gasteiger partial charge in [-0.15, -0.1) is 0 Å². The molecule has 0 saturated carbocycles. The van der Waals surface area contributed by atoms with Crippen molar-refractivity contribution in [2.45, 2.75) is 10.9 Å². The second kappa shape index (κ2) is 8.69. The maximum atomic E-state index is 13.9. The quantitative estimate of drug-likeness (QED) is 0.701. The number of benzene rings is 2. The lowest BCUT2D eigenvalue weighted by Gasteiger charge is -2.23. The monoisotopic (exact) mass is 396 g/mol. The third kappa shape index (κ3) is 5.18. The van der Waals surface area contributed by atoms with E-state index in [9.17, 15) is 12.8 Å². The summed E-state index contributed by atoms with van der Waals surface area (Å²) in [6.45, 7) is 0.194. The smallest absolute Gasteiger partial charge is 0.240 e. The highest BCUT2D eigenvalue weighted by Crippen LogP contribution is 2.21. The number of hydrogen-bond donors (Lipinski definition) is 2. The highest BCUT2D eigenvalue weighted by atomic mass is 32.2. The van der Waals surface area contributed by atoms with Crippen molar-refractivity contribution in [1.29, 1.82) is 0 Å². The fraction of sp³-hybridized carbons (Fsp3) is 0.368. The van der Waals surface area contributed by atoms with E-state index in [1.165, 1.54) is 19.2 Å². The molecule has 0 amide bonds. The normalized spacial score (nSPS) is 12.9. The molecule has 0 aliphatic heterocycles. The van der Waals surface area contributed by atoms with Crippen LogP contribution in [-0.2, 0) is 10.0 Å². The molecule has 0 saturated heterocycles. The number of likely N-dealkylation sites (N-methyl/N-ethyl adjacent to an activating group) is 1. The van der Waals surface area contributed by atoms with E-state index in [0.717, 1.165) is 22.2 Å². The van der Waals surface area contributed by atoms with Crippen LogP contribution in [0, 0.1) is 5.82 Å². The van der Waals surface area contributed by atoms with Gasteiger partial charge in [0.25, 0.3) is 0 Å². The Morgan fingerprint density at radius 2 is 1.78 bits per heavy atom. The summed E-state index contributed by atoms with van der Waals surface area (Å²) in [5, 5.41) is 0. The highest BCUT2D eigenvalue weighted by Gasteiger charge is 2.23. The molecule has 0 bridgehead atoms. The molecule has 148 valence electrons. The van der Waals surface area contributed by atoms with E-state index in [1.807, 2.05) is 57.4 Å². The molecule has 0 spiro atoms. The zero-order valence-electron chi connectivity index (χ0n) is 16.3. The Morgan fingerprint density at radius 1 is 1.15 bits per heavy atom. The van der Waals surface area contributed by atoms with Crippen molar-refractivity contribution in [1.82, 2.24) is 4.72 Å². The van der Waals surface area contributed by atoms with Crippen LogP contribution in [-0.4, -0.2) is 50.3 Å². The van der Waals surface area contributed by atoms with Crippen LogP contribution >= 0.6 is 0 Å². The summed E-state index contributed by atoms with van der Waals surface area (Å²) in [4.78, 5) is 2.95. The topological polar surface area (TPSA) is 63.1 Å². The second-order valence-electron chi connectivity index (χ2n) is 6.76.